The van der Waals surface area contributed by atoms with Crippen LogP contribution in [0.25, 0.3) is 11.4 Å². The Hall–Kier alpha value is -1.91. The third kappa shape index (κ3) is 2.50. The second-order valence-electron chi connectivity index (χ2n) is 4.20. The molecule has 0 saturated carbocycles. The third-order valence-electron chi connectivity index (χ3n) is 2.80. The lowest BCUT2D eigenvalue weighted by molar-refractivity contribution is 0.769. The van der Waals surface area contributed by atoms with Crippen molar-refractivity contribution in [1.29, 1.82) is 0 Å². The Balaban J connectivity index is 2.41. The van der Waals surface area contributed by atoms with Gasteiger partial charge in [0.15, 0.2) is 0 Å². The van der Waals surface area contributed by atoms with E-state index in [-0.39, 0.29) is 0 Å². The number of anilines is 1. The van der Waals surface area contributed by atoms with Crippen LogP contribution < -0.4 is 5.32 Å². The summed E-state index contributed by atoms with van der Waals surface area (Å²) in [6.07, 6.45) is 5.49. The van der Waals surface area contributed by atoms with Crippen LogP contribution in [0.5, 0.6) is 0 Å². The van der Waals surface area contributed by atoms with E-state index in [4.69, 9.17) is 0 Å². The topological polar surface area (TPSA) is 55.6 Å². The summed E-state index contributed by atoms with van der Waals surface area (Å²) in [6, 6.07) is 1.98. The molecule has 0 amide bonds. The zero-order chi connectivity index (χ0) is 13.0. The minimum Gasteiger partial charge on any atom is -0.370 e. The molecule has 1 N–H and O–H groups in total. The summed E-state index contributed by atoms with van der Waals surface area (Å²) in [4.78, 5) is 8.70. The number of hydrogen-bond donors (Lipinski definition) is 1. The molecule has 0 radical (unpaired) electrons. The summed E-state index contributed by atoms with van der Waals surface area (Å²) in [6.45, 7) is 5.17. The van der Waals surface area contributed by atoms with Gasteiger partial charge in [0.2, 0.25) is 0 Å². The van der Waals surface area contributed by atoms with Crippen LogP contribution in [0.4, 0.5) is 5.82 Å². The van der Waals surface area contributed by atoms with Crippen LogP contribution in [-0.4, -0.2) is 26.3 Å². The maximum atomic E-state index is 4.41. The van der Waals surface area contributed by atoms with Crippen molar-refractivity contribution in [2.75, 3.05) is 11.9 Å². The largest absolute Gasteiger partial charge is 0.370 e. The highest BCUT2D eigenvalue weighted by Gasteiger charge is 2.12. The summed E-state index contributed by atoms with van der Waals surface area (Å²) >= 11 is 0. The minimum atomic E-state index is 0.888. The highest BCUT2D eigenvalue weighted by molar-refractivity contribution is 5.65. The van der Waals surface area contributed by atoms with Crippen molar-refractivity contribution in [2.24, 2.45) is 7.05 Å². The zero-order valence-corrected chi connectivity index (χ0v) is 11.1. The smallest absolute Gasteiger partial charge is 0.133 e. The molecule has 0 fully saturated rings. The van der Waals surface area contributed by atoms with Crippen molar-refractivity contribution in [2.45, 2.75) is 26.7 Å². The number of nitrogens with one attached hydrogen (secondary N) is 1. The fourth-order valence-corrected chi connectivity index (χ4v) is 1.91. The van der Waals surface area contributed by atoms with E-state index in [1.165, 1.54) is 0 Å². The van der Waals surface area contributed by atoms with Crippen molar-refractivity contribution in [3.05, 3.63) is 24.2 Å². The summed E-state index contributed by atoms with van der Waals surface area (Å²) in [5.74, 6) is 0.926. The van der Waals surface area contributed by atoms with Gasteiger partial charge in [0.05, 0.1) is 5.69 Å². The van der Waals surface area contributed by atoms with E-state index in [2.05, 4.69) is 34.2 Å². The van der Waals surface area contributed by atoms with Gasteiger partial charge in [-0.05, 0) is 18.9 Å². The van der Waals surface area contributed by atoms with Crippen LogP contribution in [0.3, 0.4) is 0 Å². The Morgan fingerprint density at radius 3 is 2.72 bits per heavy atom. The van der Waals surface area contributed by atoms with Crippen LogP contribution >= 0.6 is 0 Å². The van der Waals surface area contributed by atoms with Gasteiger partial charge in [-0.3, -0.25) is 4.68 Å². The van der Waals surface area contributed by atoms with Gasteiger partial charge in [-0.2, -0.15) is 5.10 Å². The van der Waals surface area contributed by atoms with Crippen molar-refractivity contribution in [3.8, 4) is 11.4 Å². The molecule has 0 aliphatic rings. The molecule has 5 nitrogen and oxygen atoms in total. The van der Waals surface area contributed by atoms with Gasteiger partial charge in [-0.1, -0.05) is 13.8 Å². The van der Waals surface area contributed by atoms with Crippen LogP contribution in [0.1, 0.15) is 25.8 Å². The van der Waals surface area contributed by atoms with Gasteiger partial charge in [0.25, 0.3) is 0 Å². The normalized spacial score (nSPS) is 10.6. The Morgan fingerprint density at radius 2 is 2.11 bits per heavy atom. The quantitative estimate of drug-likeness (QED) is 0.878. The molecule has 2 aromatic rings. The Morgan fingerprint density at radius 1 is 1.28 bits per heavy atom. The molecule has 18 heavy (non-hydrogen) atoms. The molecule has 2 heterocycles. The molecule has 0 aromatic carbocycles. The monoisotopic (exact) mass is 245 g/mol. The molecule has 0 atom stereocenters. The lowest BCUT2D eigenvalue weighted by Gasteiger charge is -2.11. The highest BCUT2D eigenvalue weighted by atomic mass is 15.3. The first kappa shape index (κ1) is 12.5. The molecule has 0 saturated heterocycles. The van der Waals surface area contributed by atoms with Gasteiger partial charge >= 0.3 is 0 Å². The molecule has 0 unspecified atom stereocenters. The molecule has 0 spiro atoms. The van der Waals surface area contributed by atoms with Crippen LogP contribution in [0.2, 0.25) is 0 Å². The Bertz CT molecular complexity index is 518. The molecule has 5 heteroatoms. The van der Waals surface area contributed by atoms with E-state index in [1.807, 2.05) is 19.3 Å². The number of aryl methyl sites for hydroxylation is 1. The average molecular weight is 245 g/mol. The van der Waals surface area contributed by atoms with E-state index in [9.17, 15) is 0 Å². The van der Waals surface area contributed by atoms with Gasteiger partial charge in [-0.15, -0.1) is 0 Å². The summed E-state index contributed by atoms with van der Waals surface area (Å²) in [5, 5.41) is 7.75. The summed E-state index contributed by atoms with van der Waals surface area (Å²) < 4.78 is 1.79. The maximum absolute atomic E-state index is 4.41. The molecule has 0 aliphatic heterocycles. The van der Waals surface area contributed by atoms with Crippen LogP contribution in [0, 0.1) is 0 Å². The number of aromatic nitrogens is 4. The second-order valence-corrected chi connectivity index (χ2v) is 4.20. The predicted octanol–water partition coefficient (Wildman–Crippen LogP) is 2.26. The van der Waals surface area contributed by atoms with Gasteiger partial charge in [0.1, 0.15) is 17.8 Å². The molecule has 0 aliphatic carbocycles. The molecule has 2 aromatic heterocycles. The van der Waals surface area contributed by atoms with Gasteiger partial charge in [0, 0.05) is 25.4 Å². The average Bonchev–Trinajstić information content (AvgIpc) is 2.82. The van der Waals surface area contributed by atoms with Crippen molar-refractivity contribution < 1.29 is 0 Å². The fourth-order valence-electron chi connectivity index (χ4n) is 1.91. The fraction of sp³-hybridized carbons (Fsp3) is 0.462. The summed E-state index contributed by atoms with van der Waals surface area (Å²) in [7, 11) is 1.91. The molecule has 0 bridgehead atoms. The predicted molar refractivity (Wildman–Crippen MR) is 72.4 cm³/mol. The van der Waals surface area contributed by atoms with E-state index < -0.39 is 0 Å². The van der Waals surface area contributed by atoms with Crippen LogP contribution in [-0.2, 0) is 13.5 Å². The first-order chi connectivity index (χ1) is 8.76. The lowest BCUT2D eigenvalue weighted by atomic mass is 10.1. The Kier molecular flexibility index (Phi) is 3.92. The SMILES string of the molecule is CCCNc1ncnc(-c2ccn(C)n2)c1CC. The lowest BCUT2D eigenvalue weighted by Crippen LogP contribution is -2.07. The standard InChI is InChI=1S/C13H19N5/c1-4-7-14-13-10(5-2)12(15-9-16-13)11-6-8-18(3)17-11/h6,8-9H,4-5,7H2,1-3H3,(H,14,15,16). The third-order valence-corrected chi connectivity index (χ3v) is 2.80. The molecule has 96 valence electrons. The van der Waals surface area contributed by atoms with E-state index in [0.29, 0.717) is 0 Å². The van der Waals surface area contributed by atoms with Gasteiger partial charge < -0.3 is 5.32 Å². The zero-order valence-electron chi connectivity index (χ0n) is 11.1. The van der Waals surface area contributed by atoms with E-state index in [0.717, 1.165) is 42.2 Å². The Labute approximate surface area is 107 Å². The molecular formula is C13H19N5. The number of rotatable bonds is 5. The van der Waals surface area contributed by atoms with Gasteiger partial charge in [-0.25, -0.2) is 9.97 Å². The van der Waals surface area contributed by atoms with E-state index in [1.54, 1.807) is 11.0 Å². The highest BCUT2D eigenvalue weighted by Crippen LogP contribution is 2.24. The second kappa shape index (κ2) is 5.62. The van der Waals surface area contributed by atoms with Crippen LogP contribution in [0.15, 0.2) is 18.6 Å². The first-order valence-corrected chi connectivity index (χ1v) is 6.34. The summed E-state index contributed by atoms with van der Waals surface area (Å²) in [5.41, 5.74) is 2.95. The van der Waals surface area contributed by atoms with Crippen molar-refractivity contribution >= 4 is 5.82 Å². The number of hydrogen-bond acceptors (Lipinski definition) is 4. The van der Waals surface area contributed by atoms with E-state index >= 15 is 0 Å². The van der Waals surface area contributed by atoms with Crippen molar-refractivity contribution in [1.82, 2.24) is 19.7 Å². The molecular weight excluding hydrogens is 226 g/mol. The number of nitrogens with zero attached hydrogens (tertiary/aromatic N) is 4. The maximum Gasteiger partial charge on any atom is 0.133 e. The minimum absolute atomic E-state index is 0.888. The first-order valence-electron chi connectivity index (χ1n) is 6.34. The van der Waals surface area contributed by atoms with Crippen molar-refractivity contribution in [3.63, 3.8) is 0 Å². The molecule has 2 rings (SSSR count).